The number of fused-ring (bicyclic) bond motifs is 3. The van der Waals surface area contributed by atoms with E-state index in [2.05, 4.69) is 46.4 Å². The molecule has 1 nitrogen and oxygen atoms in total. The van der Waals surface area contributed by atoms with Gasteiger partial charge >= 0.3 is 0 Å². The van der Waals surface area contributed by atoms with Crippen molar-refractivity contribution in [2.75, 3.05) is 0 Å². The zero-order valence-electron chi connectivity index (χ0n) is 14.3. The summed E-state index contributed by atoms with van der Waals surface area (Å²) in [6, 6.07) is 0. The molecule has 0 aromatic heterocycles. The monoisotopic (exact) mass is 288 g/mol. The minimum atomic E-state index is -0.132. The predicted octanol–water partition coefficient (Wildman–Crippen LogP) is 5.11. The van der Waals surface area contributed by atoms with Gasteiger partial charge in [0.2, 0.25) is 0 Å². The number of aliphatic hydroxyl groups is 1. The summed E-state index contributed by atoms with van der Waals surface area (Å²) in [6.45, 7) is 13.5. The Hall–Kier alpha value is -0.560. The van der Waals surface area contributed by atoms with Crippen molar-refractivity contribution < 1.29 is 5.11 Å². The first-order valence-electron chi connectivity index (χ1n) is 8.73. The number of aliphatic hydroxyl groups excluding tert-OH is 1. The lowest BCUT2D eigenvalue weighted by Gasteiger charge is -2.60. The molecule has 3 aliphatic carbocycles. The van der Waals surface area contributed by atoms with Crippen LogP contribution < -0.4 is 0 Å². The van der Waals surface area contributed by atoms with Gasteiger partial charge in [-0.1, -0.05) is 45.4 Å². The maximum absolute atomic E-state index is 10.5. The van der Waals surface area contributed by atoms with Crippen LogP contribution in [-0.4, -0.2) is 11.2 Å². The molecule has 2 fully saturated rings. The quantitative estimate of drug-likeness (QED) is 0.665. The highest BCUT2D eigenvalue weighted by Crippen LogP contribution is 2.63. The molecule has 118 valence electrons. The predicted molar refractivity (Wildman–Crippen MR) is 89.0 cm³/mol. The van der Waals surface area contributed by atoms with Crippen LogP contribution in [-0.2, 0) is 0 Å². The molecule has 5 atom stereocenters. The minimum absolute atomic E-state index is 0.0498. The summed E-state index contributed by atoms with van der Waals surface area (Å²) in [5, 5.41) is 10.5. The molecule has 3 rings (SSSR count). The second-order valence-corrected chi connectivity index (χ2v) is 9.08. The van der Waals surface area contributed by atoms with Crippen molar-refractivity contribution in [1.29, 1.82) is 0 Å². The van der Waals surface area contributed by atoms with Gasteiger partial charge in [0, 0.05) is 0 Å². The molecule has 0 bridgehead atoms. The molecular weight excluding hydrogens is 256 g/mol. The van der Waals surface area contributed by atoms with Crippen LogP contribution in [0.2, 0.25) is 0 Å². The Kier molecular flexibility index (Phi) is 3.44. The van der Waals surface area contributed by atoms with Gasteiger partial charge in [-0.05, 0) is 66.6 Å². The highest BCUT2D eigenvalue weighted by atomic mass is 16.3. The average Bonchev–Trinajstić information content (AvgIpc) is 2.43. The van der Waals surface area contributed by atoms with Crippen molar-refractivity contribution in [2.24, 2.45) is 28.1 Å². The fourth-order valence-electron chi connectivity index (χ4n) is 5.81. The summed E-state index contributed by atoms with van der Waals surface area (Å²) in [5.41, 5.74) is 2.42. The molecule has 3 aliphatic rings. The van der Waals surface area contributed by atoms with Crippen LogP contribution in [0.15, 0.2) is 24.3 Å². The third kappa shape index (κ3) is 2.15. The molecule has 0 spiro atoms. The van der Waals surface area contributed by atoms with Gasteiger partial charge in [-0.2, -0.15) is 0 Å². The molecule has 0 aromatic rings. The number of hydrogen-bond acceptors (Lipinski definition) is 1. The van der Waals surface area contributed by atoms with Crippen molar-refractivity contribution in [3.63, 3.8) is 0 Å². The van der Waals surface area contributed by atoms with E-state index >= 15 is 0 Å². The summed E-state index contributed by atoms with van der Waals surface area (Å²) in [5.74, 6) is 1.35. The van der Waals surface area contributed by atoms with Crippen LogP contribution in [0.4, 0.5) is 0 Å². The van der Waals surface area contributed by atoms with Gasteiger partial charge in [0.05, 0.1) is 6.10 Å². The van der Waals surface area contributed by atoms with Crippen molar-refractivity contribution in [3.05, 3.63) is 24.3 Å². The van der Waals surface area contributed by atoms with Gasteiger partial charge in [0.25, 0.3) is 0 Å². The second kappa shape index (κ2) is 4.72. The van der Waals surface area contributed by atoms with Crippen LogP contribution >= 0.6 is 0 Å². The van der Waals surface area contributed by atoms with Gasteiger partial charge in [-0.15, -0.1) is 6.58 Å². The fraction of sp³-hybridized carbons (Fsp3) is 0.800. The first-order chi connectivity index (χ1) is 9.73. The normalized spacial score (nSPS) is 48.8. The summed E-state index contributed by atoms with van der Waals surface area (Å²) in [4.78, 5) is 0. The summed E-state index contributed by atoms with van der Waals surface area (Å²) in [6.07, 6.45) is 11.7. The Balaban J connectivity index is 1.95. The standard InChI is InChI=1S/C20H32O/c1-6-19(4)11-9-15-14(13-19)7-8-16-18(2,3)17(21)10-12-20(15,16)5/h6-7,15-17,21H,1,8-13H2,2-5H3. The van der Waals surface area contributed by atoms with E-state index in [9.17, 15) is 5.11 Å². The van der Waals surface area contributed by atoms with E-state index in [1.165, 1.54) is 25.7 Å². The SMILES string of the molecule is C=CC1(C)CCC2C(=CCC3C(C)(C)C(O)CCC23C)C1. The minimum Gasteiger partial charge on any atom is -0.393 e. The van der Waals surface area contributed by atoms with Gasteiger partial charge in [-0.3, -0.25) is 0 Å². The van der Waals surface area contributed by atoms with Gasteiger partial charge in [0.15, 0.2) is 0 Å². The van der Waals surface area contributed by atoms with E-state index in [-0.39, 0.29) is 11.5 Å². The number of allylic oxidation sites excluding steroid dienone is 3. The second-order valence-electron chi connectivity index (χ2n) is 9.08. The highest BCUT2D eigenvalue weighted by molar-refractivity contribution is 5.25. The molecule has 5 unspecified atom stereocenters. The number of hydrogen-bond donors (Lipinski definition) is 1. The van der Waals surface area contributed by atoms with Gasteiger partial charge in [-0.25, -0.2) is 0 Å². The maximum atomic E-state index is 10.5. The Morgan fingerprint density at radius 3 is 2.57 bits per heavy atom. The third-order valence-corrected chi connectivity index (χ3v) is 7.47. The van der Waals surface area contributed by atoms with Crippen LogP contribution in [0.3, 0.4) is 0 Å². The summed E-state index contributed by atoms with van der Waals surface area (Å²) >= 11 is 0. The van der Waals surface area contributed by atoms with Crippen LogP contribution in [0.5, 0.6) is 0 Å². The Morgan fingerprint density at radius 1 is 1.19 bits per heavy atom. The van der Waals surface area contributed by atoms with E-state index in [0.29, 0.717) is 16.7 Å². The fourth-order valence-corrected chi connectivity index (χ4v) is 5.81. The van der Waals surface area contributed by atoms with E-state index in [4.69, 9.17) is 0 Å². The molecule has 0 heterocycles. The van der Waals surface area contributed by atoms with Gasteiger partial charge in [0.1, 0.15) is 0 Å². The molecule has 21 heavy (non-hydrogen) atoms. The molecule has 2 saturated carbocycles. The largest absolute Gasteiger partial charge is 0.393 e. The topological polar surface area (TPSA) is 20.2 Å². The van der Waals surface area contributed by atoms with Crippen molar-refractivity contribution >= 4 is 0 Å². The maximum Gasteiger partial charge on any atom is 0.0594 e. The zero-order chi connectivity index (χ0) is 15.5. The van der Waals surface area contributed by atoms with E-state index < -0.39 is 0 Å². The lowest BCUT2D eigenvalue weighted by Crippen LogP contribution is -2.55. The van der Waals surface area contributed by atoms with E-state index in [0.717, 1.165) is 18.8 Å². The van der Waals surface area contributed by atoms with Crippen LogP contribution in [0.1, 0.15) is 66.2 Å². The highest BCUT2D eigenvalue weighted by Gasteiger charge is 2.56. The van der Waals surface area contributed by atoms with Crippen LogP contribution in [0, 0.1) is 28.1 Å². The Bertz CT molecular complexity index is 474. The molecule has 0 radical (unpaired) electrons. The van der Waals surface area contributed by atoms with Crippen LogP contribution in [0.25, 0.3) is 0 Å². The van der Waals surface area contributed by atoms with E-state index in [1.54, 1.807) is 5.57 Å². The summed E-state index contributed by atoms with van der Waals surface area (Å²) < 4.78 is 0. The molecular formula is C20H32O. The van der Waals surface area contributed by atoms with Crippen molar-refractivity contribution in [3.8, 4) is 0 Å². The molecule has 0 aromatic carbocycles. The smallest absolute Gasteiger partial charge is 0.0594 e. The van der Waals surface area contributed by atoms with Crippen molar-refractivity contribution in [2.45, 2.75) is 72.3 Å². The first kappa shape index (κ1) is 15.3. The van der Waals surface area contributed by atoms with Crippen molar-refractivity contribution in [1.82, 2.24) is 0 Å². The summed E-state index contributed by atoms with van der Waals surface area (Å²) in [7, 11) is 0. The number of rotatable bonds is 1. The zero-order valence-corrected chi connectivity index (χ0v) is 14.3. The Labute approximate surface area is 130 Å². The molecule has 1 N–H and O–H groups in total. The first-order valence-corrected chi connectivity index (χ1v) is 8.73. The Morgan fingerprint density at radius 2 is 1.90 bits per heavy atom. The third-order valence-electron chi connectivity index (χ3n) is 7.47. The molecule has 0 saturated heterocycles. The lowest BCUT2D eigenvalue weighted by molar-refractivity contribution is -0.120. The molecule has 1 heteroatoms. The average molecular weight is 288 g/mol. The van der Waals surface area contributed by atoms with Gasteiger partial charge < -0.3 is 5.11 Å². The molecule has 0 aliphatic heterocycles. The lowest BCUT2D eigenvalue weighted by atomic mass is 9.45. The van der Waals surface area contributed by atoms with E-state index in [1.807, 2.05) is 0 Å². The molecule has 0 amide bonds.